The van der Waals surface area contributed by atoms with E-state index in [1.807, 2.05) is 13.8 Å². The lowest BCUT2D eigenvalue weighted by Gasteiger charge is -2.42. The third-order valence-corrected chi connectivity index (χ3v) is 4.82. The average molecular weight is 314 g/mol. The number of carbonyl (C=O) groups excluding carboxylic acids is 1. The lowest BCUT2D eigenvalue weighted by molar-refractivity contribution is -0.155. The van der Waals surface area contributed by atoms with Crippen molar-refractivity contribution in [1.29, 1.82) is 0 Å². The van der Waals surface area contributed by atoms with Crippen LogP contribution in [0.3, 0.4) is 0 Å². The first kappa shape index (κ1) is 18.7. The first-order chi connectivity index (χ1) is 9.53. The number of hydrogen-bond acceptors (Lipinski definition) is 4. The Morgan fingerprint density at radius 2 is 1.86 bits per heavy atom. The van der Waals surface area contributed by atoms with Crippen LogP contribution in [0.2, 0.25) is 5.04 Å². The number of ether oxygens (including phenoxy) is 1. The highest BCUT2D eigenvalue weighted by Crippen LogP contribution is 2.34. The van der Waals surface area contributed by atoms with Crippen LogP contribution in [0.5, 0.6) is 0 Å². The van der Waals surface area contributed by atoms with Gasteiger partial charge in [-0.15, -0.1) is 0 Å². The Labute approximate surface area is 132 Å². The molecule has 1 fully saturated rings. The van der Waals surface area contributed by atoms with E-state index in [2.05, 4.69) is 39.9 Å². The van der Waals surface area contributed by atoms with E-state index in [1.54, 1.807) is 0 Å². The third kappa shape index (κ3) is 6.08. The van der Waals surface area contributed by atoms with Crippen molar-refractivity contribution < 1.29 is 14.0 Å². The van der Waals surface area contributed by atoms with E-state index >= 15 is 0 Å². The molecular weight excluding hydrogens is 282 g/mol. The molecule has 0 saturated carbocycles. The summed E-state index contributed by atoms with van der Waals surface area (Å²) in [4.78, 5) is 12.3. The number of nitrogens with one attached hydrogen (secondary N) is 1. The van der Waals surface area contributed by atoms with Crippen LogP contribution in [-0.2, 0) is 14.0 Å². The smallest absolute Gasteiger partial charge is 0.323 e. The number of rotatable bonds is 5. The van der Waals surface area contributed by atoms with Gasteiger partial charge >= 0.3 is 5.97 Å². The second kappa shape index (κ2) is 7.25. The predicted octanol–water partition coefficient (Wildman–Crippen LogP) is 2.94. The quantitative estimate of drug-likeness (QED) is 0.626. The summed E-state index contributed by atoms with van der Waals surface area (Å²) in [7, 11) is 0.417. The van der Waals surface area contributed by atoms with Crippen LogP contribution in [-0.4, -0.2) is 40.0 Å². The Bertz CT molecular complexity index is 350. The predicted molar refractivity (Wildman–Crippen MR) is 86.4 cm³/mol. The molecule has 2 atom stereocenters. The normalized spacial score (nSPS) is 24.2. The van der Waals surface area contributed by atoms with Crippen LogP contribution in [0.25, 0.3) is 0 Å². The van der Waals surface area contributed by atoms with Crippen molar-refractivity contribution in [3.8, 4) is 0 Å². The highest BCUT2D eigenvalue weighted by atomic mass is 28.2. The van der Waals surface area contributed by atoms with Crippen molar-refractivity contribution in [3.63, 3.8) is 0 Å². The molecule has 2 radical (unpaired) electrons. The first-order valence-electron chi connectivity index (χ1n) is 7.92. The summed E-state index contributed by atoms with van der Waals surface area (Å²) in [5.41, 5.74) is -0.334. The fourth-order valence-electron chi connectivity index (χ4n) is 2.55. The molecule has 1 saturated heterocycles. The number of hydrogen-bond donors (Lipinski definition) is 1. The minimum Gasteiger partial charge on any atom is -0.462 e. The second-order valence-corrected chi connectivity index (χ2v) is 9.63. The minimum atomic E-state index is -0.334. The molecule has 1 heterocycles. The highest BCUT2D eigenvalue weighted by molar-refractivity contribution is 6.31. The molecule has 1 aliphatic rings. The molecule has 0 unspecified atom stereocenters. The first-order valence-corrected chi connectivity index (χ1v) is 8.83. The fraction of sp³-hybridized carbons (Fsp3) is 0.938. The second-order valence-electron chi connectivity index (χ2n) is 7.72. The van der Waals surface area contributed by atoms with Gasteiger partial charge in [-0.05, 0) is 52.1 Å². The van der Waals surface area contributed by atoms with Crippen LogP contribution in [0.15, 0.2) is 0 Å². The van der Waals surface area contributed by atoms with Crippen molar-refractivity contribution in [2.45, 2.75) is 84.1 Å². The minimum absolute atomic E-state index is 0.0812. The Kier molecular flexibility index (Phi) is 6.44. The standard InChI is InChI=1S/C16H31NO3Si/c1-11(2)19-14(18)13-12(9-8-10-17-13)16(6,7)20-21-15(3,4)5/h11-13,17H,8-10H2,1-7H3/t12-,13+/m0/s1. The molecule has 21 heavy (non-hydrogen) atoms. The molecule has 0 amide bonds. The fourth-order valence-corrected chi connectivity index (χ4v) is 3.27. The van der Waals surface area contributed by atoms with Crippen molar-refractivity contribution in [3.05, 3.63) is 0 Å². The van der Waals surface area contributed by atoms with Gasteiger partial charge < -0.3 is 14.5 Å². The van der Waals surface area contributed by atoms with Crippen LogP contribution >= 0.6 is 0 Å². The van der Waals surface area contributed by atoms with Crippen LogP contribution in [0.1, 0.15) is 61.3 Å². The van der Waals surface area contributed by atoms with Crippen molar-refractivity contribution in [1.82, 2.24) is 5.32 Å². The Hall–Kier alpha value is -0.393. The highest BCUT2D eigenvalue weighted by Gasteiger charge is 2.42. The molecule has 1 rings (SSSR count). The Balaban J connectivity index is 2.77. The van der Waals surface area contributed by atoms with E-state index in [-0.39, 0.29) is 34.7 Å². The van der Waals surface area contributed by atoms with Gasteiger partial charge in [0.15, 0.2) is 0 Å². The van der Waals surface area contributed by atoms with Crippen LogP contribution in [0.4, 0.5) is 0 Å². The molecule has 1 N–H and O–H groups in total. The largest absolute Gasteiger partial charge is 0.462 e. The van der Waals surface area contributed by atoms with Gasteiger partial charge in [-0.25, -0.2) is 0 Å². The van der Waals surface area contributed by atoms with Crippen LogP contribution in [0, 0.1) is 5.92 Å². The van der Waals surface area contributed by atoms with Gasteiger partial charge in [-0.2, -0.15) is 0 Å². The monoisotopic (exact) mass is 313 g/mol. The molecule has 0 bridgehead atoms. The summed E-state index contributed by atoms with van der Waals surface area (Å²) in [5, 5.41) is 3.47. The zero-order valence-electron chi connectivity index (χ0n) is 14.6. The molecule has 4 nitrogen and oxygen atoms in total. The number of carbonyl (C=O) groups is 1. The molecule has 1 aliphatic heterocycles. The SMILES string of the molecule is CC(C)OC(=O)[C@@H]1NCCC[C@@H]1C(C)(C)O[Si]C(C)(C)C. The third-order valence-electron chi connectivity index (χ3n) is 3.58. The van der Waals surface area contributed by atoms with Crippen molar-refractivity contribution in [2.75, 3.05) is 6.54 Å². The molecule has 0 aliphatic carbocycles. The molecule has 0 aromatic rings. The zero-order valence-corrected chi connectivity index (χ0v) is 15.6. The van der Waals surface area contributed by atoms with Gasteiger partial charge in [0, 0.05) is 5.92 Å². The Morgan fingerprint density at radius 1 is 1.24 bits per heavy atom. The maximum absolute atomic E-state index is 12.3. The van der Waals surface area contributed by atoms with Gasteiger partial charge in [0.05, 0.1) is 11.7 Å². The number of piperidine rings is 1. The van der Waals surface area contributed by atoms with E-state index in [0.717, 1.165) is 19.4 Å². The van der Waals surface area contributed by atoms with Gasteiger partial charge in [0.1, 0.15) is 6.04 Å². The molecule has 0 aromatic carbocycles. The van der Waals surface area contributed by atoms with Crippen molar-refractivity contribution >= 4 is 15.7 Å². The Morgan fingerprint density at radius 3 is 2.38 bits per heavy atom. The van der Waals surface area contributed by atoms with E-state index < -0.39 is 0 Å². The van der Waals surface area contributed by atoms with Gasteiger partial charge in [0.25, 0.3) is 0 Å². The molecular formula is C16H31NO3Si. The van der Waals surface area contributed by atoms with E-state index in [1.165, 1.54) is 0 Å². The summed E-state index contributed by atoms with van der Waals surface area (Å²) in [6.07, 6.45) is 1.98. The van der Waals surface area contributed by atoms with Gasteiger partial charge in [-0.3, -0.25) is 4.79 Å². The summed E-state index contributed by atoms with van der Waals surface area (Å²) >= 11 is 0. The maximum atomic E-state index is 12.3. The zero-order chi connectivity index (χ0) is 16.3. The summed E-state index contributed by atoms with van der Waals surface area (Å²) in [6, 6.07) is -0.263. The van der Waals surface area contributed by atoms with E-state index in [4.69, 9.17) is 9.16 Å². The lowest BCUT2D eigenvalue weighted by atomic mass is 9.79. The van der Waals surface area contributed by atoms with Crippen LogP contribution < -0.4 is 5.32 Å². The van der Waals surface area contributed by atoms with Gasteiger partial charge in [-0.1, -0.05) is 20.8 Å². The number of esters is 1. The summed E-state index contributed by atoms with van der Waals surface area (Å²) in [6.45, 7) is 15.3. The van der Waals surface area contributed by atoms with Crippen molar-refractivity contribution in [2.24, 2.45) is 5.92 Å². The molecule has 0 aromatic heterocycles. The molecule has 5 heteroatoms. The summed E-state index contributed by atoms with van der Waals surface area (Å²) in [5.74, 6) is -0.00202. The molecule has 0 spiro atoms. The summed E-state index contributed by atoms with van der Waals surface area (Å²) < 4.78 is 11.6. The average Bonchev–Trinajstić information content (AvgIpc) is 2.35. The van der Waals surface area contributed by atoms with Gasteiger partial charge in [0.2, 0.25) is 9.76 Å². The maximum Gasteiger partial charge on any atom is 0.323 e. The lowest BCUT2D eigenvalue weighted by Crippen LogP contribution is -2.56. The van der Waals surface area contributed by atoms with E-state index in [9.17, 15) is 4.79 Å². The topological polar surface area (TPSA) is 47.6 Å². The molecule has 122 valence electrons. The van der Waals surface area contributed by atoms with E-state index in [0.29, 0.717) is 9.76 Å².